The van der Waals surface area contributed by atoms with Gasteiger partial charge in [-0.25, -0.2) is 9.59 Å². The van der Waals surface area contributed by atoms with Gasteiger partial charge in [0.2, 0.25) is 0 Å². The Labute approximate surface area is 729 Å². The highest BCUT2D eigenvalue weighted by Crippen LogP contribution is 2.23. The molecule has 0 aliphatic carbocycles. The monoisotopic (exact) mass is 1650 g/mol. The fourth-order valence-electron chi connectivity index (χ4n) is 14.2. The second-order valence-electron chi connectivity index (χ2n) is 33.8. The molecule has 0 saturated heterocycles. The molecule has 0 bridgehead atoms. The van der Waals surface area contributed by atoms with Crippen LogP contribution in [0.3, 0.4) is 0 Å². The van der Waals surface area contributed by atoms with E-state index in [1.54, 1.807) is 0 Å². The summed E-state index contributed by atoms with van der Waals surface area (Å²) in [4.78, 5) is 45.3. The lowest BCUT2D eigenvalue weighted by atomic mass is 10.0. The first-order chi connectivity index (χ1) is 57.6. The molecule has 1 aromatic carbocycles. The maximum absolute atomic E-state index is 12.8. The number of aliphatic hydroxyl groups excluding tert-OH is 1. The van der Waals surface area contributed by atoms with E-state index in [2.05, 4.69) is 200 Å². The summed E-state index contributed by atoms with van der Waals surface area (Å²) in [5, 5.41) is 19.8. The molecule has 1 N–H and O–H groups in total. The third-order valence-electron chi connectivity index (χ3n) is 21.9. The summed E-state index contributed by atoms with van der Waals surface area (Å²) in [6.07, 6.45) is 100. The lowest BCUT2D eigenvalue weighted by Gasteiger charge is -2.28. The maximum Gasteiger partial charge on any atom is 0.514 e. The number of carbonyl (C=O) groups excluding carboxylic acids is 2. The average Bonchev–Trinajstić information content (AvgIpc) is 0.882. The number of non-ortho nitro benzene ring substituents is 1. The first kappa shape index (κ1) is 115. The molecule has 0 atom stereocenters. The van der Waals surface area contributed by atoms with Crippen LogP contribution in [0.25, 0.3) is 0 Å². The van der Waals surface area contributed by atoms with E-state index < -0.39 is 17.2 Å². The second-order valence-corrected chi connectivity index (χ2v) is 33.8. The highest BCUT2D eigenvalue weighted by atomic mass is 16.7. The van der Waals surface area contributed by atoms with Crippen molar-refractivity contribution in [2.24, 2.45) is 0 Å². The van der Waals surface area contributed by atoms with Crippen LogP contribution in [-0.2, 0) is 14.2 Å². The number of hydrogen-bond donors (Lipinski definition) is 1. The van der Waals surface area contributed by atoms with Crippen molar-refractivity contribution in [1.82, 2.24) is 19.6 Å². The molecule has 0 saturated carbocycles. The number of hydrogen-bond acceptors (Lipinski definition) is 13. The Morgan fingerprint density at radius 1 is 0.347 bits per heavy atom. The first-order valence-corrected chi connectivity index (χ1v) is 49.2. The largest absolute Gasteiger partial charge is 0.514 e. The van der Waals surface area contributed by atoms with Crippen molar-refractivity contribution in [3.8, 4) is 5.75 Å². The molecular weight excluding hydrogens is 1460 g/mol. The van der Waals surface area contributed by atoms with Crippen molar-refractivity contribution in [3.05, 3.63) is 132 Å². The fourth-order valence-corrected chi connectivity index (χ4v) is 14.2. The molecule has 1 rings (SSSR count). The van der Waals surface area contributed by atoms with Gasteiger partial charge in [-0.05, 0) is 260 Å². The van der Waals surface area contributed by atoms with E-state index in [0.717, 1.165) is 155 Å². The van der Waals surface area contributed by atoms with Gasteiger partial charge in [0.05, 0.1) is 11.5 Å². The van der Waals surface area contributed by atoms with Crippen LogP contribution in [0, 0.1) is 10.1 Å². The van der Waals surface area contributed by atoms with E-state index in [1.807, 2.05) is 0 Å². The van der Waals surface area contributed by atoms with Gasteiger partial charge in [0.1, 0.15) is 24.6 Å². The van der Waals surface area contributed by atoms with Crippen LogP contribution < -0.4 is 4.74 Å². The lowest BCUT2D eigenvalue weighted by molar-refractivity contribution is -0.384. The number of unbranched alkanes of at least 4 members (excludes halogenated alkanes) is 36. The number of nitro groups is 1. The molecule has 0 aromatic heterocycles. The number of ether oxygens (including phenoxy) is 4. The number of aliphatic hydroxyl groups is 1. The fraction of sp³-hybridized carbons (Fsp3) is 0.769. The number of likely N-dealkylation sites (N-methyl/N-ethyl adjacent to an activating group) is 2. The quantitative estimate of drug-likeness (QED) is 0.0165. The predicted octanol–water partition coefficient (Wildman–Crippen LogP) is 30.9. The van der Waals surface area contributed by atoms with Crippen LogP contribution in [0.5, 0.6) is 5.75 Å². The average molecular weight is 1650 g/mol. The van der Waals surface area contributed by atoms with Gasteiger partial charge in [0.15, 0.2) is 0 Å². The molecule has 118 heavy (non-hydrogen) atoms. The Morgan fingerprint density at radius 2 is 0.619 bits per heavy atom. The van der Waals surface area contributed by atoms with Crippen molar-refractivity contribution in [1.29, 1.82) is 0 Å². The topological polar surface area (TPSA) is 147 Å². The number of nitrogens with zero attached hydrogens (tertiary/aromatic N) is 5. The van der Waals surface area contributed by atoms with Crippen molar-refractivity contribution in [3.63, 3.8) is 0 Å². The number of allylic oxidation sites excluding steroid dienone is 16. The zero-order valence-corrected chi connectivity index (χ0v) is 79.1. The van der Waals surface area contributed by atoms with Crippen molar-refractivity contribution in [2.45, 2.75) is 440 Å². The third-order valence-corrected chi connectivity index (χ3v) is 21.9. The molecule has 14 heteroatoms. The van der Waals surface area contributed by atoms with Gasteiger partial charge in [-0.1, -0.05) is 293 Å². The van der Waals surface area contributed by atoms with E-state index in [1.165, 1.54) is 268 Å². The summed E-state index contributed by atoms with van der Waals surface area (Å²) in [7, 11) is 4.33. The molecule has 14 nitrogen and oxygen atoms in total. The Balaban J connectivity index is 0. The molecule has 0 amide bonds. The van der Waals surface area contributed by atoms with Crippen molar-refractivity contribution in [2.75, 3.05) is 79.7 Å². The van der Waals surface area contributed by atoms with Gasteiger partial charge < -0.3 is 33.9 Å². The van der Waals surface area contributed by atoms with Crippen LogP contribution in [0.2, 0.25) is 0 Å². The van der Waals surface area contributed by atoms with Gasteiger partial charge in [0.25, 0.3) is 5.69 Å². The maximum atomic E-state index is 12.8. The zero-order chi connectivity index (χ0) is 86.7. The lowest BCUT2D eigenvalue weighted by Crippen LogP contribution is -2.40. The highest BCUT2D eigenvalue weighted by Gasteiger charge is 2.20. The zero-order valence-electron chi connectivity index (χ0n) is 79.1. The van der Waals surface area contributed by atoms with E-state index in [9.17, 15) is 19.7 Å². The van der Waals surface area contributed by atoms with Gasteiger partial charge in [0, 0.05) is 63.5 Å². The summed E-state index contributed by atoms with van der Waals surface area (Å²) in [6.45, 7) is 30.8. The molecule has 1 aromatic rings. The summed E-state index contributed by atoms with van der Waals surface area (Å²) in [5.74, 6) is 0.252. The van der Waals surface area contributed by atoms with Crippen molar-refractivity contribution < 1.29 is 38.6 Å². The molecule has 0 radical (unpaired) electrons. The van der Waals surface area contributed by atoms with Gasteiger partial charge in [-0.2, -0.15) is 0 Å². The standard InChI is InChI=1S/C49H92N2O3.C44H71NO5.C11H26N2O/c1-7-10-12-14-16-18-20-22-24-26-28-30-32-34-36-38-40-48(54-49(52)53-46-45-51(47(4)5)44-43-50(6)42-9-3)41-39-37-35-33-31-29-27-25-23-21-19-17-15-13-11-8-2;1-3-5-7-9-11-13-15-17-19-21-23-25-27-29-31-33-35-42(49-44(46)50-43-39-37-41(38-40-43)45(47)48)36-34-32-30-28-26-24-22-20-18-16-14-12-10-8-6-4-2;1-5-6-12(4)7-8-13(9-10-14)11(2)3/h16-19,22-25,47-48H,7-15,20-21,26-46H2,1-6H3;11-14,17-20,37-40,42H,3-10,15-16,21-36H2,1-2H3;11,14H,5-10H2,1-4H3/b18-16-,19-17-,24-22-,25-23-;13-11-,14-12-,19-17-,20-18-;. The summed E-state index contributed by atoms with van der Waals surface area (Å²) < 4.78 is 22.7. The number of nitro benzene ring substituents is 1. The normalized spacial score (nSPS) is 12.2. The number of benzene rings is 1. The Morgan fingerprint density at radius 3 is 0.890 bits per heavy atom. The SMILES string of the molecule is CCCCC/C=C\C/C=C\CCCCCCCCC(CCCCCCCC/C=C\C/C=C\CCCCC)OC(=O)OCCN(CCN(C)CCC)C(C)C.CCCCC/C=C\C/C=C\CCCCCCCCC(CCCCCCCC/C=C\C/C=C\CCCCC)OC(=O)Oc1ccc([N+](=O)[O-])cc1.CCCN(C)CCN(CCO)C(C)C. The predicted molar refractivity (Wildman–Crippen MR) is 512 cm³/mol. The van der Waals surface area contributed by atoms with Gasteiger partial charge >= 0.3 is 12.3 Å². The third kappa shape index (κ3) is 84.5. The molecule has 0 fully saturated rings. The Bertz CT molecular complexity index is 2450. The van der Waals surface area contributed by atoms with Crippen LogP contribution in [0.4, 0.5) is 15.3 Å². The smallest absolute Gasteiger partial charge is 0.433 e. The number of rotatable bonds is 81. The molecule has 0 spiro atoms. The van der Waals surface area contributed by atoms with E-state index in [0.29, 0.717) is 18.7 Å². The molecule has 0 aliphatic heterocycles. The summed E-state index contributed by atoms with van der Waals surface area (Å²) in [6, 6.07) is 6.46. The molecule has 0 aliphatic rings. The minimum Gasteiger partial charge on any atom is -0.433 e. The Hall–Kier alpha value is -5.12. The van der Waals surface area contributed by atoms with Gasteiger partial charge in [-0.3, -0.25) is 19.9 Å². The number of carbonyl (C=O) groups is 2. The van der Waals surface area contributed by atoms with Crippen molar-refractivity contribution >= 4 is 18.0 Å². The molecule has 684 valence electrons. The highest BCUT2D eigenvalue weighted by molar-refractivity contribution is 5.64. The Kier molecular flexibility index (Phi) is 90.2. The minimum atomic E-state index is -0.732. The van der Waals surface area contributed by atoms with Gasteiger partial charge in [-0.15, -0.1) is 0 Å². The second kappa shape index (κ2) is 92.6. The van der Waals surface area contributed by atoms with Crippen LogP contribution in [0.15, 0.2) is 121 Å². The molecule has 0 unspecified atom stereocenters. The summed E-state index contributed by atoms with van der Waals surface area (Å²) in [5.41, 5.74) is -0.0432. The van der Waals surface area contributed by atoms with E-state index in [-0.39, 0.29) is 30.3 Å². The minimum absolute atomic E-state index is 0.0296. The van der Waals surface area contributed by atoms with E-state index in [4.69, 9.17) is 24.1 Å². The van der Waals surface area contributed by atoms with Crippen LogP contribution >= 0.6 is 0 Å². The first-order valence-electron chi connectivity index (χ1n) is 49.2. The van der Waals surface area contributed by atoms with Crippen LogP contribution in [0.1, 0.15) is 416 Å². The molecule has 0 heterocycles. The van der Waals surface area contributed by atoms with E-state index >= 15 is 0 Å². The molecular formula is C104H189N5O9. The summed E-state index contributed by atoms with van der Waals surface area (Å²) >= 11 is 0. The van der Waals surface area contributed by atoms with Crippen LogP contribution in [-0.4, -0.2) is 146 Å².